The number of hydrogen-bond donors (Lipinski definition) is 1. The molecule has 0 spiro atoms. The third-order valence-corrected chi connectivity index (χ3v) is 11.5. The van der Waals surface area contributed by atoms with Crippen molar-refractivity contribution < 1.29 is 28.7 Å². The average Bonchev–Trinajstić information content (AvgIpc) is 3.22. The van der Waals surface area contributed by atoms with E-state index in [0.29, 0.717) is 16.0 Å². The number of carbonyl (C=O) groups is 4. The largest absolute Gasteiger partial charge is 0.452 e. The second-order valence-electron chi connectivity index (χ2n) is 12.7. The lowest BCUT2D eigenvalue weighted by Gasteiger charge is -2.50. The summed E-state index contributed by atoms with van der Waals surface area (Å²) in [7, 11) is 0. The molecule has 0 aliphatic carbocycles. The van der Waals surface area contributed by atoms with Gasteiger partial charge in [0.15, 0.2) is 18.1 Å². The lowest BCUT2D eigenvalue weighted by atomic mass is 9.95. The molecule has 54 heavy (non-hydrogen) atoms. The maximum atomic E-state index is 14.2. The Balaban J connectivity index is 1.15. The highest BCUT2D eigenvalue weighted by molar-refractivity contribution is 9.11. The number of allylic oxidation sites excluding steroid dienone is 1. The van der Waals surface area contributed by atoms with Crippen LogP contribution in [0.3, 0.4) is 0 Å². The van der Waals surface area contributed by atoms with Crippen LogP contribution in [0.25, 0.3) is 0 Å². The van der Waals surface area contributed by atoms with Crippen LogP contribution >= 0.6 is 27.7 Å². The van der Waals surface area contributed by atoms with Crippen LogP contribution in [0.2, 0.25) is 0 Å². The van der Waals surface area contributed by atoms with Crippen molar-refractivity contribution >= 4 is 51.4 Å². The zero-order valence-electron chi connectivity index (χ0n) is 29.1. The van der Waals surface area contributed by atoms with E-state index >= 15 is 0 Å². The molecule has 0 radical (unpaired) electrons. The van der Waals surface area contributed by atoms with Crippen molar-refractivity contribution in [3.05, 3.63) is 201 Å². The third kappa shape index (κ3) is 7.53. The number of halogens is 1. The van der Waals surface area contributed by atoms with Crippen molar-refractivity contribution in [2.75, 3.05) is 0 Å². The van der Waals surface area contributed by atoms with Gasteiger partial charge in [-0.15, -0.1) is 0 Å². The summed E-state index contributed by atoms with van der Waals surface area (Å²) in [6.07, 6.45) is -1.51. The zero-order chi connectivity index (χ0) is 37.6. The van der Waals surface area contributed by atoms with E-state index in [4.69, 9.17) is 9.47 Å². The summed E-state index contributed by atoms with van der Waals surface area (Å²) >= 11 is 4.74. The Kier molecular flexibility index (Phi) is 11.2. The first-order valence-electron chi connectivity index (χ1n) is 17.3. The first-order chi connectivity index (χ1) is 26.4. The van der Waals surface area contributed by atoms with Crippen LogP contribution in [0.5, 0.6) is 0 Å². The third-order valence-electron chi connectivity index (χ3n) is 9.35. The Hall–Kier alpha value is -5.71. The number of fused-ring (bicyclic) bond motifs is 1. The standard InChI is InChI=1S/C44H35BrN2O6S/c1-28-34(27-45)54-42-36(41(49)47(42)37(28)44(51)53-39(32-23-13-5-14-24-32)33-25-15-6-16-26-33)46-40(48)35(29-17-7-2-8-18-29)43(50)52-38(30-19-9-3-10-20-30)31-21-11-4-12-22-31/h2-27,35-36,38-39,42H,1H3,(H,46,48)/t35?,36?,42-/m1/s1. The van der Waals surface area contributed by atoms with Gasteiger partial charge in [-0.3, -0.25) is 19.3 Å². The molecule has 1 saturated heterocycles. The number of β-lactam (4-membered cyclic amide) rings is 1. The van der Waals surface area contributed by atoms with Crippen LogP contribution < -0.4 is 5.32 Å². The first-order valence-corrected chi connectivity index (χ1v) is 19.1. The topological polar surface area (TPSA) is 102 Å². The molecule has 0 bridgehead atoms. The van der Waals surface area contributed by atoms with E-state index < -0.39 is 53.3 Å². The van der Waals surface area contributed by atoms with E-state index in [-0.39, 0.29) is 5.70 Å². The zero-order valence-corrected chi connectivity index (χ0v) is 31.5. The molecule has 0 aromatic heterocycles. The van der Waals surface area contributed by atoms with Crippen molar-refractivity contribution in [3.8, 4) is 0 Å². The van der Waals surface area contributed by atoms with Gasteiger partial charge in [0, 0.05) is 4.91 Å². The average molecular weight is 800 g/mol. The molecule has 5 aromatic rings. The minimum absolute atomic E-state index is 0.0874. The minimum Gasteiger partial charge on any atom is -0.452 e. The molecule has 2 heterocycles. The molecule has 270 valence electrons. The smallest absolute Gasteiger partial charge is 0.356 e. The van der Waals surface area contributed by atoms with E-state index in [1.807, 2.05) is 121 Å². The second kappa shape index (κ2) is 16.5. The molecule has 7 rings (SSSR count). The van der Waals surface area contributed by atoms with Crippen LogP contribution in [-0.2, 0) is 28.7 Å². The Morgan fingerprint density at radius 2 is 1.07 bits per heavy atom. The van der Waals surface area contributed by atoms with Gasteiger partial charge in [-0.1, -0.05) is 179 Å². The number of hydrogen-bond acceptors (Lipinski definition) is 7. The van der Waals surface area contributed by atoms with Crippen LogP contribution in [-0.4, -0.2) is 40.1 Å². The van der Waals surface area contributed by atoms with Gasteiger partial charge in [-0.25, -0.2) is 4.79 Å². The summed E-state index contributed by atoms with van der Waals surface area (Å²) in [6.45, 7) is 1.75. The summed E-state index contributed by atoms with van der Waals surface area (Å²) < 4.78 is 12.3. The molecule has 2 aliphatic rings. The molecule has 1 fully saturated rings. The van der Waals surface area contributed by atoms with E-state index in [1.165, 1.54) is 16.7 Å². The van der Waals surface area contributed by atoms with Crippen molar-refractivity contribution in [3.63, 3.8) is 0 Å². The van der Waals surface area contributed by atoms with E-state index in [0.717, 1.165) is 22.3 Å². The van der Waals surface area contributed by atoms with Gasteiger partial charge < -0.3 is 14.8 Å². The number of nitrogens with zero attached hydrogens (tertiary/aromatic N) is 1. The summed E-state index contributed by atoms with van der Waals surface area (Å²) in [4.78, 5) is 60.3. The molecule has 0 saturated carbocycles. The van der Waals surface area contributed by atoms with Crippen LogP contribution in [0.1, 0.15) is 52.9 Å². The van der Waals surface area contributed by atoms with Crippen molar-refractivity contribution in [1.29, 1.82) is 0 Å². The molecule has 2 unspecified atom stereocenters. The van der Waals surface area contributed by atoms with Gasteiger partial charge in [0.1, 0.15) is 17.1 Å². The lowest BCUT2D eigenvalue weighted by molar-refractivity contribution is -0.156. The molecular formula is C44H35BrN2O6S. The fourth-order valence-corrected chi connectivity index (χ4v) is 8.51. The summed E-state index contributed by atoms with van der Waals surface area (Å²) in [5.41, 5.74) is 4.08. The number of carbonyl (C=O) groups excluding carboxylic acids is 4. The number of rotatable bonds is 11. The highest BCUT2D eigenvalue weighted by atomic mass is 79.9. The fourth-order valence-electron chi connectivity index (χ4n) is 6.62. The van der Waals surface area contributed by atoms with Crippen molar-refractivity contribution in [2.24, 2.45) is 0 Å². The summed E-state index contributed by atoms with van der Waals surface area (Å²) in [6, 6.07) is 45.0. The Morgan fingerprint density at radius 3 is 1.50 bits per heavy atom. The van der Waals surface area contributed by atoms with Gasteiger partial charge >= 0.3 is 11.9 Å². The molecule has 3 atom stereocenters. The number of ether oxygens (including phenoxy) is 2. The summed E-state index contributed by atoms with van der Waals surface area (Å²) in [5, 5.41) is 2.16. The van der Waals surface area contributed by atoms with Crippen molar-refractivity contribution in [1.82, 2.24) is 10.2 Å². The Labute approximate surface area is 326 Å². The second-order valence-corrected chi connectivity index (χ2v) is 14.4. The normalized spacial score (nSPS) is 17.8. The van der Waals surface area contributed by atoms with Crippen molar-refractivity contribution in [2.45, 2.75) is 36.5 Å². The molecule has 8 nitrogen and oxygen atoms in total. The Bertz CT molecular complexity index is 2120. The maximum Gasteiger partial charge on any atom is 0.356 e. The van der Waals surface area contributed by atoms with Gasteiger partial charge in [0.2, 0.25) is 5.91 Å². The number of nitrogens with one attached hydrogen (secondary N) is 1. The van der Waals surface area contributed by atoms with Gasteiger partial charge in [0.05, 0.1) is 0 Å². The van der Waals surface area contributed by atoms with E-state index in [2.05, 4.69) is 21.2 Å². The SMILES string of the molecule is CC1=C(C(=O)OC(c2ccccc2)c2ccccc2)N2C(=O)C(NC(=O)C(C(=O)OC(c3ccccc3)c3ccccc3)c3ccccc3)[C@H]2SC1=CBr. The predicted molar refractivity (Wildman–Crippen MR) is 211 cm³/mol. The minimum atomic E-state index is -1.39. The highest BCUT2D eigenvalue weighted by Crippen LogP contribution is 2.47. The quantitative estimate of drug-likeness (QED) is 0.0815. The van der Waals surface area contributed by atoms with Crippen LogP contribution in [0.15, 0.2) is 173 Å². The molecule has 2 amide bonds. The lowest BCUT2D eigenvalue weighted by Crippen LogP contribution is -2.70. The molecular weight excluding hydrogens is 764 g/mol. The maximum absolute atomic E-state index is 14.2. The molecule has 5 aromatic carbocycles. The van der Waals surface area contributed by atoms with E-state index in [9.17, 15) is 19.2 Å². The first kappa shape index (κ1) is 36.6. The van der Waals surface area contributed by atoms with Crippen LogP contribution in [0, 0.1) is 0 Å². The predicted octanol–water partition coefficient (Wildman–Crippen LogP) is 8.35. The molecule has 2 aliphatic heterocycles. The fraction of sp³-hybridized carbons (Fsp3) is 0.136. The van der Waals surface area contributed by atoms with Crippen LogP contribution in [0.4, 0.5) is 0 Å². The summed E-state index contributed by atoms with van der Waals surface area (Å²) in [5.74, 6) is -4.03. The highest BCUT2D eigenvalue weighted by Gasteiger charge is 2.56. The monoisotopic (exact) mass is 798 g/mol. The number of thioether (sulfide) groups is 1. The number of esters is 2. The molecule has 10 heteroatoms. The number of benzene rings is 5. The van der Waals surface area contributed by atoms with E-state index in [1.54, 1.807) is 42.2 Å². The van der Waals surface area contributed by atoms with Gasteiger partial charge in [-0.2, -0.15) is 0 Å². The molecule has 1 N–H and O–H groups in total. The number of amides is 2. The van der Waals surface area contributed by atoms with Gasteiger partial charge in [-0.05, 0) is 45.3 Å². The van der Waals surface area contributed by atoms with Gasteiger partial charge in [0.25, 0.3) is 5.91 Å². The Morgan fingerprint density at radius 1 is 0.667 bits per heavy atom.